The molecule has 0 unspecified atom stereocenters. The van der Waals surface area contributed by atoms with Gasteiger partial charge in [-0.15, -0.1) is 0 Å². The maximum atomic E-state index is 10.6. The third-order valence-corrected chi connectivity index (χ3v) is 10.2. The number of pyridine rings is 1. The minimum Gasteiger partial charge on any atom is -0.483 e. The Hall–Kier alpha value is -4.34. The number of rotatable bonds is 8. The Morgan fingerprint density at radius 1 is 0.880 bits per heavy atom. The highest BCUT2D eigenvalue weighted by molar-refractivity contribution is 6.35. The molecule has 1 aliphatic rings. The van der Waals surface area contributed by atoms with Crippen LogP contribution in [-0.2, 0) is 29.5 Å². The van der Waals surface area contributed by atoms with Gasteiger partial charge in [0.2, 0.25) is 6.41 Å². The fraction of sp³-hybridized carbons (Fsp3) is 0.385. The molecule has 0 aliphatic carbocycles. The Labute approximate surface area is 305 Å². The second kappa shape index (κ2) is 17.5. The van der Waals surface area contributed by atoms with Crippen molar-refractivity contribution in [3.8, 4) is 11.1 Å². The summed E-state index contributed by atoms with van der Waals surface area (Å²) >= 11 is 13.0. The monoisotopic (exact) mass is 718 g/mol. The minimum absolute atomic E-state index is 0.250. The number of carbonyl (C=O) groups excluding carboxylic acids is 1. The van der Waals surface area contributed by atoms with Gasteiger partial charge in [0.1, 0.15) is 0 Å². The van der Waals surface area contributed by atoms with E-state index < -0.39 is 0 Å². The lowest BCUT2D eigenvalue weighted by molar-refractivity contribution is -0.123. The van der Waals surface area contributed by atoms with Crippen LogP contribution in [0.2, 0.25) is 10.0 Å². The molecule has 11 heteroatoms. The number of hydrogen-bond donors (Lipinski definition) is 2. The van der Waals surface area contributed by atoms with Gasteiger partial charge >= 0.3 is 0 Å². The molecule has 266 valence electrons. The fourth-order valence-electron chi connectivity index (χ4n) is 6.73. The van der Waals surface area contributed by atoms with Crippen LogP contribution in [0.3, 0.4) is 0 Å². The summed E-state index contributed by atoms with van der Waals surface area (Å²) in [5.41, 5.74) is 14.1. The molecular weight excluding hydrogens is 671 g/mol. The SMILES string of the molecule is Cc1cc(CCCCc2c(C)[nH]c3c(-c4c(C)nn(C)c4C)c(Cl)ccc23)cc(C)c1Cl.Cc1cncc(N2CCN(C=O)CC2)c1.O=CO. The third-order valence-electron chi connectivity index (χ3n) is 9.33. The van der Waals surface area contributed by atoms with Gasteiger partial charge in [-0.05, 0) is 107 Å². The molecule has 5 aromatic rings. The Balaban J connectivity index is 0.000000259. The summed E-state index contributed by atoms with van der Waals surface area (Å²) in [6, 6.07) is 10.8. The fourth-order valence-corrected chi connectivity index (χ4v) is 7.09. The van der Waals surface area contributed by atoms with E-state index in [1.165, 1.54) is 38.9 Å². The maximum Gasteiger partial charge on any atom is 0.290 e. The van der Waals surface area contributed by atoms with Crippen LogP contribution < -0.4 is 4.90 Å². The molecule has 1 fully saturated rings. The van der Waals surface area contributed by atoms with Gasteiger partial charge in [-0.3, -0.25) is 19.3 Å². The summed E-state index contributed by atoms with van der Waals surface area (Å²) in [4.78, 5) is 30.8. The molecular formula is C39H48Cl2N6O3. The highest BCUT2D eigenvalue weighted by Crippen LogP contribution is 2.40. The number of carbonyl (C=O) groups is 2. The maximum absolute atomic E-state index is 10.6. The molecule has 2 N–H and O–H groups in total. The number of carboxylic acid groups (broad SMARTS) is 1. The number of aromatic nitrogens is 4. The summed E-state index contributed by atoms with van der Waals surface area (Å²) in [5.74, 6) is 0. The van der Waals surface area contributed by atoms with Crippen molar-refractivity contribution in [3.05, 3.63) is 97.7 Å². The number of amides is 1. The number of nitrogens with zero attached hydrogens (tertiary/aromatic N) is 5. The van der Waals surface area contributed by atoms with Crippen molar-refractivity contribution in [3.63, 3.8) is 0 Å². The van der Waals surface area contributed by atoms with Crippen molar-refractivity contribution in [2.75, 3.05) is 31.1 Å². The number of fused-ring (bicyclic) bond motifs is 1. The summed E-state index contributed by atoms with van der Waals surface area (Å²) in [7, 11) is 1.98. The normalized spacial score (nSPS) is 12.7. The highest BCUT2D eigenvalue weighted by Gasteiger charge is 2.21. The number of aromatic amines is 1. The van der Waals surface area contributed by atoms with Gasteiger partial charge in [0.15, 0.2) is 0 Å². The van der Waals surface area contributed by atoms with Gasteiger partial charge in [0.05, 0.1) is 28.1 Å². The van der Waals surface area contributed by atoms with Crippen LogP contribution in [0.4, 0.5) is 5.69 Å². The summed E-state index contributed by atoms with van der Waals surface area (Å²) < 4.78 is 1.93. The Morgan fingerprint density at radius 2 is 1.52 bits per heavy atom. The van der Waals surface area contributed by atoms with E-state index in [4.69, 9.17) is 33.1 Å². The number of nitrogens with one attached hydrogen (secondary N) is 1. The molecule has 1 amide bonds. The van der Waals surface area contributed by atoms with E-state index in [9.17, 15) is 4.79 Å². The number of hydrogen-bond acceptors (Lipinski definition) is 5. The highest BCUT2D eigenvalue weighted by atomic mass is 35.5. The second-order valence-electron chi connectivity index (χ2n) is 12.9. The first-order chi connectivity index (χ1) is 23.9. The molecule has 0 atom stereocenters. The van der Waals surface area contributed by atoms with Crippen LogP contribution in [0.1, 0.15) is 57.7 Å². The summed E-state index contributed by atoms with van der Waals surface area (Å²) in [6.45, 7) is 15.7. The quantitative estimate of drug-likeness (QED) is 0.123. The Morgan fingerprint density at radius 3 is 2.10 bits per heavy atom. The molecule has 0 bridgehead atoms. The zero-order chi connectivity index (χ0) is 36.5. The molecule has 1 aliphatic heterocycles. The number of halogens is 2. The minimum atomic E-state index is -0.250. The van der Waals surface area contributed by atoms with Crippen LogP contribution >= 0.6 is 23.2 Å². The van der Waals surface area contributed by atoms with Crippen LogP contribution in [0.5, 0.6) is 0 Å². The first-order valence-electron chi connectivity index (χ1n) is 16.9. The van der Waals surface area contributed by atoms with Crippen molar-refractivity contribution < 1.29 is 14.7 Å². The van der Waals surface area contributed by atoms with Crippen LogP contribution in [0.25, 0.3) is 22.0 Å². The molecule has 2 aromatic carbocycles. The molecule has 4 heterocycles. The standard InChI is InChI=1S/C27H31Cl2N3.C11H15N3O.CH2O2/c1-15-13-20(14-16(2)26(15)29)9-7-8-10-21-17(3)30-27-22(21)11-12-23(28)25(27)24-18(4)31-32(6)19(24)5;1-10-6-11(8-12-7-10)14-4-2-13(9-15)3-5-14;2-1-3/h11-14,30H,7-10H2,1-6H3;6-9H,2-5H2,1H3;1H,(H,2,3). The van der Waals surface area contributed by atoms with Crippen molar-refractivity contribution >= 4 is 52.7 Å². The topological polar surface area (TPSA) is 107 Å². The van der Waals surface area contributed by atoms with E-state index in [-0.39, 0.29) is 6.47 Å². The number of unbranched alkanes of at least 4 members (excludes halogenated alkanes) is 1. The number of H-pyrrole nitrogens is 1. The van der Waals surface area contributed by atoms with Gasteiger partial charge in [-0.2, -0.15) is 5.10 Å². The first-order valence-corrected chi connectivity index (χ1v) is 17.6. The predicted molar refractivity (Wildman–Crippen MR) is 205 cm³/mol. The predicted octanol–water partition coefficient (Wildman–Crippen LogP) is 8.35. The number of benzene rings is 2. The van der Waals surface area contributed by atoms with E-state index in [0.717, 1.165) is 102 Å². The zero-order valence-electron chi connectivity index (χ0n) is 30.1. The van der Waals surface area contributed by atoms with E-state index in [1.54, 1.807) is 4.90 Å². The first kappa shape index (κ1) is 38.5. The molecule has 50 heavy (non-hydrogen) atoms. The largest absolute Gasteiger partial charge is 0.483 e. The second-order valence-corrected chi connectivity index (χ2v) is 13.7. The molecule has 3 aromatic heterocycles. The number of aryl methyl sites for hydroxylation is 8. The number of anilines is 1. The van der Waals surface area contributed by atoms with Crippen LogP contribution in [0, 0.1) is 41.5 Å². The van der Waals surface area contributed by atoms with Crippen LogP contribution in [0.15, 0.2) is 42.7 Å². The van der Waals surface area contributed by atoms with Crippen molar-refractivity contribution in [1.82, 2.24) is 24.6 Å². The van der Waals surface area contributed by atoms with Crippen LogP contribution in [-0.4, -0.2) is 68.8 Å². The van der Waals surface area contributed by atoms with Gasteiger partial charge in [0, 0.05) is 72.3 Å². The van der Waals surface area contributed by atoms with Crippen molar-refractivity contribution in [1.29, 1.82) is 0 Å². The van der Waals surface area contributed by atoms with Gasteiger partial charge in [-0.1, -0.05) is 41.4 Å². The van der Waals surface area contributed by atoms with Gasteiger partial charge in [-0.25, -0.2) is 0 Å². The smallest absolute Gasteiger partial charge is 0.290 e. The average Bonchev–Trinajstić information content (AvgIpc) is 3.54. The zero-order valence-corrected chi connectivity index (χ0v) is 31.6. The van der Waals surface area contributed by atoms with Crippen molar-refractivity contribution in [2.24, 2.45) is 7.05 Å². The third kappa shape index (κ3) is 9.06. The lowest BCUT2D eigenvalue weighted by atomic mass is 9.97. The number of piperazine rings is 1. The summed E-state index contributed by atoms with van der Waals surface area (Å²) in [5, 5.41) is 14.4. The molecule has 1 saturated heterocycles. The molecule has 0 radical (unpaired) electrons. The summed E-state index contributed by atoms with van der Waals surface area (Å²) in [6.07, 6.45) is 9.06. The Kier molecular flexibility index (Phi) is 13.5. The molecule has 0 spiro atoms. The van der Waals surface area contributed by atoms with Gasteiger partial charge in [0.25, 0.3) is 6.47 Å². The lowest BCUT2D eigenvalue weighted by Crippen LogP contribution is -2.45. The average molecular weight is 720 g/mol. The Bertz CT molecular complexity index is 1920. The lowest BCUT2D eigenvalue weighted by Gasteiger charge is -2.33. The molecule has 0 saturated carbocycles. The molecule has 6 rings (SSSR count). The molecule has 9 nitrogen and oxygen atoms in total. The van der Waals surface area contributed by atoms with E-state index in [0.29, 0.717) is 0 Å². The van der Waals surface area contributed by atoms with Crippen molar-refractivity contribution in [2.45, 2.75) is 67.2 Å². The van der Waals surface area contributed by atoms with E-state index >= 15 is 0 Å². The van der Waals surface area contributed by atoms with E-state index in [2.05, 4.69) is 71.9 Å². The van der Waals surface area contributed by atoms with E-state index in [1.807, 2.05) is 44.0 Å². The van der Waals surface area contributed by atoms with Gasteiger partial charge < -0.3 is 19.9 Å².